The summed E-state index contributed by atoms with van der Waals surface area (Å²) in [6.07, 6.45) is 1.90. The molecule has 3 unspecified atom stereocenters. The Bertz CT molecular complexity index is 435. The molecule has 1 aromatic heterocycles. The number of hydrogen-bond acceptors (Lipinski definition) is 3. The molecule has 17 heavy (non-hydrogen) atoms. The molecule has 2 fully saturated rings. The molecule has 2 saturated heterocycles. The first kappa shape index (κ1) is 11.5. The van der Waals surface area contributed by atoms with Crippen molar-refractivity contribution in [3.05, 3.63) is 22.3 Å². The summed E-state index contributed by atoms with van der Waals surface area (Å²) < 4.78 is 1.06. The van der Waals surface area contributed by atoms with Gasteiger partial charge in [0, 0.05) is 36.3 Å². The highest BCUT2D eigenvalue weighted by atomic mass is 79.9. The molecule has 0 bridgehead atoms. The van der Waals surface area contributed by atoms with E-state index < -0.39 is 0 Å². The zero-order chi connectivity index (χ0) is 12.0. The van der Waals surface area contributed by atoms with E-state index in [0.29, 0.717) is 6.04 Å². The quantitative estimate of drug-likeness (QED) is 0.861. The predicted octanol–water partition coefficient (Wildman–Crippen LogP) is 2.20. The molecular weight excluding hydrogens is 278 g/mol. The second-order valence-corrected chi connectivity index (χ2v) is 6.18. The van der Waals surface area contributed by atoms with Crippen molar-refractivity contribution in [1.82, 2.24) is 10.3 Å². The van der Waals surface area contributed by atoms with E-state index in [2.05, 4.69) is 51.0 Å². The van der Waals surface area contributed by atoms with Crippen LogP contribution in [0, 0.1) is 18.8 Å². The molecule has 2 aliphatic rings. The average Bonchev–Trinajstić information content (AvgIpc) is 2.83. The van der Waals surface area contributed by atoms with Gasteiger partial charge in [-0.05, 0) is 53.2 Å². The van der Waals surface area contributed by atoms with Crippen molar-refractivity contribution in [3.63, 3.8) is 0 Å². The number of nitrogens with one attached hydrogen (secondary N) is 1. The molecule has 0 aliphatic carbocycles. The second kappa shape index (κ2) is 4.25. The minimum atomic E-state index is 0.599. The van der Waals surface area contributed by atoms with Gasteiger partial charge in [0.2, 0.25) is 0 Å². The van der Waals surface area contributed by atoms with Crippen molar-refractivity contribution >= 4 is 21.7 Å². The Labute approximate surface area is 111 Å². The number of aryl methyl sites for hydroxylation is 1. The minimum Gasteiger partial charge on any atom is -0.353 e. The Morgan fingerprint density at radius 2 is 2.29 bits per heavy atom. The van der Waals surface area contributed by atoms with E-state index in [1.165, 1.54) is 12.1 Å². The Morgan fingerprint density at radius 1 is 1.47 bits per heavy atom. The summed E-state index contributed by atoms with van der Waals surface area (Å²) in [7, 11) is 0. The van der Waals surface area contributed by atoms with E-state index in [1.807, 2.05) is 6.20 Å². The summed E-state index contributed by atoms with van der Waals surface area (Å²) in [5.41, 5.74) is 1.26. The lowest BCUT2D eigenvalue weighted by Gasteiger charge is -2.27. The van der Waals surface area contributed by atoms with Crippen LogP contribution < -0.4 is 10.2 Å². The van der Waals surface area contributed by atoms with Gasteiger partial charge in [-0.25, -0.2) is 4.98 Å². The summed E-state index contributed by atoms with van der Waals surface area (Å²) in [4.78, 5) is 7.08. The van der Waals surface area contributed by atoms with E-state index >= 15 is 0 Å². The molecule has 0 radical (unpaired) electrons. The SMILES string of the molecule is Cc1cc(Br)cnc1N1CC2CNCC2C1C. The minimum absolute atomic E-state index is 0.599. The molecule has 1 N–H and O–H groups in total. The lowest BCUT2D eigenvalue weighted by molar-refractivity contribution is 0.471. The number of hydrogen-bond donors (Lipinski definition) is 1. The number of rotatable bonds is 1. The van der Waals surface area contributed by atoms with Crippen LogP contribution in [0.25, 0.3) is 0 Å². The fourth-order valence-electron chi connectivity index (χ4n) is 3.28. The Morgan fingerprint density at radius 3 is 3.00 bits per heavy atom. The average molecular weight is 296 g/mol. The molecule has 3 heterocycles. The number of nitrogens with zero attached hydrogens (tertiary/aromatic N) is 2. The molecule has 0 saturated carbocycles. The molecule has 3 atom stereocenters. The van der Waals surface area contributed by atoms with E-state index in [-0.39, 0.29) is 0 Å². The fraction of sp³-hybridized carbons (Fsp3) is 0.615. The van der Waals surface area contributed by atoms with Gasteiger partial charge in [-0.1, -0.05) is 0 Å². The van der Waals surface area contributed by atoms with E-state index in [0.717, 1.165) is 35.2 Å². The van der Waals surface area contributed by atoms with Gasteiger partial charge in [0.25, 0.3) is 0 Å². The summed E-state index contributed by atoms with van der Waals surface area (Å²) >= 11 is 3.48. The van der Waals surface area contributed by atoms with Crippen LogP contribution in [0.2, 0.25) is 0 Å². The van der Waals surface area contributed by atoms with Gasteiger partial charge in [0.15, 0.2) is 0 Å². The number of pyridine rings is 1. The van der Waals surface area contributed by atoms with E-state index in [1.54, 1.807) is 0 Å². The number of aromatic nitrogens is 1. The first-order chi connectivity index (χ1) is 8.16. The maximum Gasteiger partial charge on any atom is 0.131 e. The standard InChI is InChI=1S/C13H18BrN3/c1-8-3-11(14)5-16-13(8)17-7-10-4-15-6-12(10)9(17)2/h3,5,9-10,12,15H,4,6-7H2,1-2H3. The lowest BCUT2D eigenvalue weighted by atomic mass is 9.95. The van der Waals surface area contributed by atoms with Gasteiger partial charge in [0.1, 0.15) is 5.82 Å². The van der Waals surface area contributed by atoms with Crippen molar-refractivity contribution in [1.29, 1.82) is 0 Å². The number of anilines is 1. The van der Waals surface area contributed by atoms with Gasteiger partial charge in [-0.2, -0.15) is 0 Å². The van der Waals surface area contributed by atoms with Crippen molar-refractivity contribution < 1.29 is 0 Å². The monoisotopic (exact) mass is 295 g/mol. The fourth-order valence-corrected chi connectivity index (χ4v) is 3.73. The van der Waals surface area contributed by atoms with E-state index in [9.17, 15) is 0 Å². The highest BCUT2D eigenvalue weighted by Crippen LogP contribution is 2.36. The Kier molecular flexibility index (Phi) is 2.87. The number of halogens is 1. The van der Waals surface area contributed by atoms with Crippen LogP contribution in [0.1, 0.15) is 12.5 Å². The van der Waals surface area contributed by atoms with Crippen LogP contribution >= 0.6 is 15.9 Å². The zero-order valence-electron chi connectivity index (χ0n) is 10.3. The normalized spacial score (nSPS) is 31.9. The lowest BCUT2D eigenvalue weighted by Crippen LogP contribution is -2.34. The Hall–Kier alpha value is -0.610. The summed E-state index contributed by atoms with van der Waals surface area (Å²) in [6, 6.07) is 2.75. The van der Waals surface area contributed by atoms with Crippen molar-refractivity contribution in [2.24, 2.45) is 11.8 Å². The Balaban J connectivity index is 1.90. The number of fused-ring (bicyclic) bond motifs is 1. The molecular formula is C13H18BrN3. The maximum atomic E-state index is 4.60. The molecule has 0 spiro atoms. The molecule has 4 heteroatoms. The molecule has 0 amide bonds. The van der Waals surface area contributed by atoms with Crippen molar-refractivity contribution in [3.8, 4) is 0 Å². The molecule has 3 rings (SSSR count). The highest BCUT2D eigenvalue weighted by molar-refractivity contribution is 9.10. The highest BCUT2D eigenvalue weighted by Gasteiger charge is 2.42. The first-order valence-electron chi connectivity index (χ1n) is 6.26. The molecule has 2 aliphatic heterocycles. The van der Waals surface area contributed by atoms with E-state index in [4.69, 9.17) is 0 Å². The van der Waals surface area contributed by atoms with Crippen molar-refractivity contribution in [2.75, 3.05) is 24.5 Å². The third kappa shape index (κ3) is 1.87. The van der Waals surface area contributed by atoms with Gasteiger partial charge >= 0.3 is 0 Å². The van der Waals surface area contributed by atoms with Gasteiger partial charge in [0.05, 0.1) is 0 Å². The third-order valence-corrected chi connectivity index (χ3v) is 4.66. The molecule has 92 valence electrons. The van der Waals surface area contributed by atoms with Crippen LogP contribution in [-0.2, 0) is 0 Å². The van der Waals surface area contributed by atoms with Crippen LogP contribution in [0.15, 0.2) is 16.7 Å². The van der Waals surface area contributed by atoms with Crippen molar-refractivity contribution in [2.45, 2.75) is 19.9 Å². The van der Waals surface area contributed by atoms with Crippen LogP contribution in [-0.4, -0.2) is 30.7 Å². The summed E-state index contributed by atoms with van der Waals surface area (Å²) in [6.45, 7) is 7.96. The molecule has 3 nitrogen and oxygen atoms in total. The molecule has 0 aromatic carbocycles. The third-order valence-electron chi connectivity index (χ3n) is 4.22. The summed E-state index contributed by atoms with van der Waals surface area (Å²) in [5, 5.41) is 3.50. The molecule has 1 aromatic rings. The van der Waals surface area contributed by atoms with Gasteiger partial charge in [-0.3, -0.25) is 0 Å². The van der Waals surface area contributed by atoms with Gasteiger partial charge in [-0.15, -0.1) is 0 Å². The van der Waals surface area contributed by atoms with Crippen LogP contribution in [0.5, 0.6) is 0 Å². The summed E-state index contributed by atoms with van der Waals surface area (Å²) in [5.74, 6) is 2.75. The smallest absolute Gasteiger partial charge is 0.131 e. The zero-order valence-corrected chi connectivity index (χ0v) is 11.9. The predicted molar refractivity (Wildman–Crippen MR) is 73.3 cm³/mol. The van der Waals surface area contributed by atoms with Crippen LogP contribution in [0.3, 0.4) is 0 Å². The van der Waals surface area contributed by atoms with Gasteiger partial charge < -0.3 is 10.2 Å². The first-order valence-corrected chi connectivity index (χ1v) is 7.05. The van der Waals surface area contributed by atoms with Crippen LogP contribution in [0.4, 0.5) is 5.82 Å². The maximum absolute atomic E-state index is 4.60. The topological polar surface area (TPSA) is 28.2 Å². The second-order valence-electron chi connectivity index (χ2n) is 5.27. The largest absolute Gasteiger partial charge is 0.353 e.